The van der Waals surface area contributed by atoms with Crippen LogP contribution in [0.1, 0.15) is 0 Å². The Hall–Kier alpha value is -1.93. The van der Waals surface area contributed by atoms with Crippen LogP contribution in [0, 0.1) is 0 Å². The van der Waals surface area contributed by atoms with Gasteiger partial charge in [0.05, 0.1) is 0 Å². The summed E-state index contributed by atoms with van der Waals surface area (Å²) in [7, 11) is 0. The molecule has 2 aromatic carbocycles. The van der Waals surface area contributed by atoms with Crippen molar-refractivity contribution in [1.29, 1.82) is 0 Å². The van der Waals surface area contributed by atoms with Crippen molar-refractivity contribution in [2.75, 3.05) is 5.32 Å². The molecule has 3 aromatic rings. The highest BCUT2D eigenvalue weighted by molar-refractivity contribution is 6.30. The largest absolute Gasteiger partial charge is 0.342 e. The minimum absolute atomic E-state index is 0.743. The number of rotatable bonds is 2. The Morgan fingerprint density at radius 3 is 2.47 bits per heavy atom. The molecule has 0 aliphatic rings. The zero-order chi connectivity index (χ0) is 11.7. The van der Waals surface area contributed by atoms with Crippen LogP contribution < -0.4 is 5.32 Å². The zero-order valence-electron chi connectivity index (χ0n) is 9.07. The number of aromatic amines is 1. The third-order valence-corrected chi connectivity index (χ3v) is 2.91. The Bertz CT molecular complexity index is 608. The molecule has 0 aliphatic heterocycles. The van der Waals surface area contributed by atoms with Gasteiger partial charge in [-0.25, -0.2) is 0 Å². The highest BCUT2D eigenvalue weighted by atomic mass is 35.5. The van der Waals surface area contributed by atoms with Gasteiger partial charge >= 0.3 is 0 Å². The monoisotopic (exact) mass is 242 g/mol. The molecule has 0 fully saturated rings. The highest BCUT2D eigenvalue weighted by Gasteiger charge is 1.99. The summed E-state index contributed by atoms with van der Waals surface area (Å²) in [5, 5.41) is 5.25. The standard InChI is InChI=1S/C14H11ClN2/c15-11-5-7-12(8-6-11)16-14-9-10-3-1-2-4-13(10)17-14/h1-9,16-17H. The van der Waals surface area contributed by atoms with E-state index in [9.17, 15) is 0 Å². The maximum atomic E-state index is 5.84. The quantitative estimate of drug-likeness (QED) is 0.677. The van der Waals surface area contributed by atoms with Crippen molar-refractivity contribution in [3.63, 3.8) is 0 Å². The fourth-order valence-corrected chi connectivity index (χ4v) is 1.96. The van der Waals surface area contributed by atoms with Crippen LogP contribution in [0.3, 0.4) is 0 Å². The van der Waals surface area contributed by atoms with Crippen LogP contribution in [-0.2, 0) is 0 Å². The molecule has 0 saturated carbocycles. The van der Waals surface area contributed by atoms with Crippen molar-refractivity contribution >= 4 is 34.0 Å². The molecule has 0 spiro atoms. The average Bonchev–Trinajstić information content (AvgIpc) is 2.74. The first-order chi connectivity index (χ1) is 8.31. The molecular weight excluding hydrogens is 232 g/mol. The maximum Gasteiger partial charge on any atom is 0.108 e. The summed E-state index contributed by atoms with van der Waals surface area (Å²) >= 11 is 5.84. The SMILES string of the molecule is Clc1ccc(Nc2cc3ccccc3[nH]2)cc1. The summed E-state index contributed by atoms with van der Waals surface area (Å²) in [6, 6.07) is 17.9. The van der Waals surface area contributed by atoms with Gasteiger partial charge in [-0.3, -0.25) is 0 Å². The molecule has 0 amide bonds. The highest BCUT2D eigenvalue weighted by Crippen LogP contribution is 2.22. The number of para-hydroxylation sites is 1. The van der Waals surface area contributed by atoms with E-state index >= 15 is 0 Å². The number of anilines is 2. The molecule has 3 heteroatoms. The van der Waals surface area contributed by atoms with Crippen LogP contribution >= 0.6 is 11.6 Å². The van der Waals surface area contributed by atoms with E-state index in [0.29, 0.717) is 0 Å². The van der Waals surface area contributed by atoms with Crippen LogP contribution in [-0.4, -0.2) is 4.98 Å². The van der Waals surface area contributed by atoms with Gasteiger partial charge in [-0.05, 0) is 36.4 Å². The fraction of sp³-hybridized carbons (Fsp3) is 0. The second-order valence-corrected chi connectivity index (χ2v) is 4.34. The molecule has 2 nitrogen and oxygen atoms in total. The smallest absolute Gasteiger partial charge is 0.108 e. The molecule has 0 radical (unpaired) electrons. The predicted octanol–water partition coefficient (Wildman–Crippen LogP) is 4.56. The van der Waals surface area contributed by atoms with E-state index in [2.05, 4.69) is 28.5 Å². The number of H-pyrrole nitrogens is 1. The van der Waals surface area contributed by atoms with E-state index in [-0.39, 0.29) is 0 Å². The van der Waals surface area contributed by atoms with Gasteiger partial charge in [-0.1, -0.05) is 29.8 Å². The fourth-order valence-electron chi connectivity index (χ4n) is 1.83. The van der Waals surface area contributed by atoms with Crippen molar-refractivity contribution in [3.05, 3.63) is 59.6 Å². The van der Waals surface area contributed by atoms with Gasteiger partial charge in [0.25, 0.3) is 0 Å². The summed E-state index contributed by atoms with van der Waals surface area (Å²) < 4.78 is 0. The third kappa shape index (κ3) is 2.12. The number of fused-ring (bicyclic) bond motifs is 1. The normalized spacial score (nSPS) is 10.6. The van der Waals surface area contributed by atoms with Crippen LogP contribution in [0.15, 0.2) is 54.6 Å². The molecule has 17 heavy (non-hydrogen) atoms. The van der Waals surface area contributed by atoms with Crippen LogP contribution in [0.2, 0.25) is 5.02 Å². The number of nitrogens with one attached hydrogen (secondary N) is 2. The molecule has 0 bridgehead atoms. The van der Waals surface area contributed by atoms with Crippen molar-refractivity contribution in [2.45, 2.75) is 0 Å². The molecule has 0 saturated heterocycles. The molecule has 0 unspecified atom stereocenters. The van der Waals surface area contributed by atoms with Crippen molar-refractivity contribution in [1.82, 2.24) is 4.98 Å². The number of halogens is 1. The lowest BCUT2D eigenvalue weighted by Crippen LogP contribution is -1.88. The minimum Gasteiger partial charge on any atom is -0.342 e. The van der Waals surface area contributed by atoms with Crippen LogP contribution in [0.4, 0.5) is 11.5 Å². The van der Waals surface area contributed by atoms with E-state index in [4.69, 9.17) is 11.6 Å². The van der Waals surface area contributed by atoms with E-state index < -0.39 is 0 Å². The maximum absolute atomic E-state index is 5.84. The van der Waals surface area contributed by atoms with Crippen LogP contribution in [0.25, 0.3) is 10.9 Å². The topological polar surface area (TPSA) is 27.8 Å². The lowest BCUT2D eigenvalue weighted by atomic mass is 10.2. The first-order valence-corrected chi connectivity index (χ1v) is 5.79. The molecule has 1 aromatic heterocycles. The van der Waals surface area contributed by atoms with Gasteiger partial charge in [0.15, 0.2) is 0 Å². The lowest BCUT2D eigenvalue weighted by molar-refractivity contribution is 1.42. The van der Waals surface area contributed by atoms with E-state index in [0.717, 1.165) is 22.0 Å². The summed E-state index contributed by atoms with van der Waals surface area (Å²) in [4.78, 5) is 3.31. The molecule has 1 heterocycles. The Morgan fingerprint density at radius 2 is 1.71 bits per heavy atom. The van der Waals surface area contributed by atoms with E-state index in [1.807, 2.05) is 36.4 Å². The first-order valence-electron chi connectivity index (χ1n) is 5.42. The van der Waals surface area contributed by atoms with Crippen molar-refractivity contribution < 1.29 is 0 Å². The molecule has 84 valence electrons. The zero-order valence-corrected chi connectivity index (χ0v) is 9.83. The average molecular weight is 243 g/mol. The molecule has 0 aliphatic carbocycles. The first kappa shape index (κ1) is 10.2. The molecular formula is C14H11ClN2. The summed E-state index contributed by atoms with van der Waals surface area (Å²) in [5.41, 5.74) is 2.14. The van der Waals surface area contributed by atoms with Gasteiger partial charge in [0.1, 0.15) is 5.82 Å². The van der Waals surface area contributed by atoms with Gasteiger partial charge in [0, 0.05) is 21.6 Å². The second-order valence-electron chi connectivity index (χ2n) is 3.90. The van der Waals surface area contributed by atoms with Crippen molar-refractivity contribution in [3.8, 4) is 0 Å². The Balaban J connectivity index is 1.92. The van der Waals surface area contributed by atoms with Crippen LogP contribution in [0.5, 0.6) is 0 Å². The number of hydrogen-bond acceptors (Lipinski definition) is 1. The van der Waals surface area contributed by atoms with Gasteiger partial charge < -0.3 is 10.3 Å². The number of aromatic nitrogens is 1. The summed E-state index contributed by atoms with van der Waals surface area (Å²) in [6.45, 7) is 0. The Morgan fingerprint density at radius 1 is 0.941 bits per heavy atom. The number of hydrogen-bond donors (Lipinski definition) is 2. The van der Waals surface area contributed by atoms with Gasteiger partial charge in [-0.15, -0.1) is 0 Å². The Labute approximate surface area is 104 Å². The number of benzene rings is 2. The molecule has 2 N–H and O–H groups in total. The summed E-state index contributed by atoms with van der Waals surface area (Å²) in [5.74, 6) is 0.980. The molecule has 3 rings (SSSR count). The summed E-state index contributed by atoms with van der Waals surface area (Å²) in [6.07, 6.45) is 0. The van der Waals surface area contributed by atoms with Crippen molar-refractivity contribution in [2.24, 2.45) is 0 Å². The lowest BCUT2D eigenvalue weighted by Gasteiger charge is -2.02. The minimum atomic E-state index is 0.743. The predicted molar refractivity (Wildman–Crippen MR) is 73.0 cm³/mol. The second kappa shape index (κ2) is 4.15. The van der Waals surface area contributed by atoms with E-state index in [1.165, 1.54) is 5.39 Å². The van der Waals surface area contributed by atoms with Gasteiger partial charge in [0.2, 0.25) is 0 Å². The third-order valence-electron chi connectivity index (χ3n) is 2.65. The van der Waals surface area contributed by atoms with E-state index in [1.54, 1.807) is 0 Å². The van der Waals surface area contributed by atoms with Gasteiger partial charge in [-0.2, -0.15) is 0 Å². The Kier molecular flexibility index (Phi) is 2.50. The molecule has 0 atom stereocenters.